The van der Waals surface area contributed by atoms with E-state index in [0.717, 1.165) is 56.2 Å². The maximum Gasteiger partial charge on any atom is 0.227 e. The third-order valence-electron chi connectivity index (χ3n) is 6.56. The van der Waals surface area contributed by atoms with Gasteiger partial charge in [0.25, 0.3) is 0 Å². The molecule has 0 bridgehead atoms. The Morgan fingerprint density at radius 2 is 2.03 bits per heavy atom. The Kier molecular flexibility index (Phi) is 11.7. The zero-order chi connectivity index (χ0) is 24.9. The molecule has 1 aliphatic rings. The summed E-state index contributed by atoms with van der Waals surface area (Å²) in [5, 5.41) is 3.16. The summed E-state index contributed by atoms with van der Waals surface area (Å²) in [6, 6.07) is 4.87. The minimum absolute atomic E-state index is 0.0117. The molecule has 184 valence electrons. The number of aliphatic imine (C=N–C) groups is 1. The Labute approximate surface area is 205 Å². The number of hydrogen-bond donors (Lipinski definition) is 1. The highest BCUT2D eigenvalue weighted by Gasteiger charge is 2.29. The number of rotatable bonds is 10. The number of carbonyl (C=O) groups excluding carboxylic acids is 1. The van der Waals surface area contributed by atoms with Gasteiger partial charge in [0.05, 0.1) is 5.69 Å². The molecule has 3 unspecified atom stereocenters. The first kappa shape index (κ1) is 27.5. The number of allylic oxidation sites excluding steroid dienone is 6. The summed E-state index contributed by atoms with van der Waals surface area (Å²) in [6.07, 6.45) is 18.3. The fourth-order valence-electron chi connectivity index (χ4n) is 4.83. The highest BCUT2D eigenvalue weighted by molar-refractivity contribution is 5.81. The predicted molar refractivity (Wildman–Crippen MR) is 143 cm³/mol. The monoisotopic (exact) mass is 464 g/mol. The maximum absolute atomic E-state index is 13.8. The SMILES string of the molecule is C=CC=Nc1cc(F)ccc1CC1CCCC(C(CC)C(=O)NC(/C=C\C)=C/C=C(C)C)CC1. The zero-order valence-electron chi connectivity index (χ0n) is 21.3. The number of halogens is 1. The van der Waals surface area contributed by atoms with Crippen molar-refractivity contribution in [2.75, 3.05) is 0 Å². The topological polar surface area (TPSA) is 41.5 Å². The summed E-state index contributed by atoms with van der Waals surface area (Å²) in [6.45, 7) is 11.8. The predicted octanol–water partition coefficient (Wildman–Crippen LogP) is 8.02. The van der Waals surface area contributed by atoms with Crippen molar-refractivity contribution in [1.82, 2.24) is 5.32 Å². The van der Waals surface area contributed by atoms with Crippen LogP contribution in [-0.4, -0.2) is 12.1 Å². The average molecular weight is 465 g/mol. The standard InChI is InChI=1S/C30H41FN2O/c1-6-10-27(18-13-22(4)5)33-30(34)28(8-3)24-12-9-11-23(14-15-24)20-25-16-17-26(31)21-29(25)32-19-7-2/h6-7,10,13,16-19,21,23-24,28H,2,8-9,11-12,14-15,20H2,1,3-5H3,(H,33,34)/b10-6-,27-18+,32-19?. The van der Waals surface area contributed by atoms with Gasteiger partial charge < -0.3 is 5.32 Å². The van der Waals surface area contributed by atoms with E-state index < -0.39 is 0 Å². The van der Waals surface area contributed by atoms with Gasteiger partial charge >= 0.3 is 0 Å². The van der Waals surface area contributed by atoms with Crippen LogP contribution in [0.25, 0.3) is 0 Å². The van der Waals surface area contributed by atoms with Gasteiger partial charge in [0.1, 0.15) is 5.82 Å². The van der Waals surface area contributed by atoms with E-state index in [0.29, 0.717) is 17.5 Å². The van der Waals surface area contributed by atoms with Gasteiger partial charge in [0, 0.05) is 17.8 Å². The van der Waals surface area contributed by atoms with Crippen LogP contribution in [0.5, 0.6) is 0 Å². The van der Waals surface area contributed by atoms with Crippen molar-refractivity contribution in [3.05, 3.63) is 77.8 Å². The van der Waals surface area contributed by atoms with Crippen molar-refractivity contribution in [2.45, 2.75) is 72.6 Å². The summed E-state index contributed by atoms with van der Waals surface area (Å²) in [4.78, 5) is 17.6. The van der Waals surface area contributed by atoms with E-state index in [-0.39, 0.29) is 17.6 Å². The Morgan fingerprint density at radius 3 is 2.71 bits per heavy atom. The van der Waals surface area contributed by atoms with Crippen LogP contribution in [0.1, 0.15) is 71.8 Å². The molecule has 1 N–H and O–H groups in total. The Morgan fingerprint density at radius 1 is 1.24 bits per heavy atom. The second-order valence-corrected chi connectivity index (χ2v) is 9.50. The molecule has 1 fully saturated rings. The third-order valence-corrected chi connectivity index (χ3v) is 6.56. The van der Waals surface area contributed by atoms with Crippen LogP contribution in [-0.2, 0) is 11.2 Å². The molecule has 0 saturated heterocycles. The molecule has 1 aromatic carbocycles. The molecular formula is C30H41FN2O. The molecule has 0 spiro atoms. The minimum atomic E-state index is -0.270. The fraction of sp³-hybridized carbons (Fsp3) is 0.467. The normalized spacial score (nSPS) is 20.2. The van der Waals surface area contributed by atoms with Crippen LogP contribution in [0.15, 0.2) is 71.4 Å². The van der Waals surface area contributed by atoms with E-state index >= 15 is 0 Å². The van der Waals surface area contributed by atoms with Crippen LogP contribution in [0, 0.1) is 23.6 Å². The number of benzene rings is 1. The van der Waals surface area contributed by atoms with Crippen LogP contribution < -0.4 is 5.32 Å². The quantitative estimate of drug-likeness (QED) is 0.213. The van der Waals surface area contributed by atoms with Crippen LogP contribution in [0.4, 0.5) is 10.1 Å². The van der Waals surface area contributed by atoms with E-state index in [4.69, 9.17) is 0 Å². The lowest BCUT2D eigenvalue weighted by Gasteiger charge is -2.24. The van der Waals surface area contributed by atoms with Crippen LogP contribution in [0.3, 0.4) is 0 Å². The van der Waals surface area contributed by atoms with Crippen LogP contribution >= 0.6 is 0 Å². The Bertz CT molecular complexity index is 937. The number of hydrogen-bond acceptors (Lipinski definition) is 2. The molecule has 1 aromatic rings. The van der Waals surface area contributed by atoms with Gasteiger partial charge in [-0.05, 0) is 94.6 Å². The van der Waals surface area contributed by atoms with Crippen LogP contribution in [0.2, 0.25) is 0 Å². The molecule has 0 aliphatic heterocycles. The van der Waals surface area contributed by atoms with Gasteiger partial charge in [0.2, 0.25) is 5.91 Å². The molecule has 2 rings (SSSR count). The molecule has 1 aliphatic carbocycles. The number of carbonyl (C=O) groups is 1. The lowest BCUT2D eigenvalue weighted by Crippen LogP contribution is -2.34. The van der Waals surface area contributed by atoms with Gasteiger partial charge in [0.15, 0.2) is 0 Å². The van der Waals surface area contributed by atoms with E-state index in [1.54, 1.807) is 12.3 Å². The summed E-state index contributed by atoms with van der Waals surface area (Å²) in [5.41, 5.74) is 3.79. The molecule has 4 heteroatoms. The number of nitrogens with one attached hydrogen (secondary N) is 1. The first-order chi connectivity index (χ1) is 16.4. The molecule has 3 nitrogen and oxygen atoms in total. The molecule has 0 radical (unpaired) electrons. The Hall–Kier alpha value is -2.75. The first-order valence-electron chi connectivity index (χ1n) is 12.6. The second kappa shape index (κ2) is 14.5. The summed E-state index contributed by atoms with van der Waals surface area (Å²) in [5.74, 6) is 0.769. The lowest BCUT2D eigenvalue weighted by molar-refractivity contribution is -0.126. The highest BCUT2D eigenvalue weighted by Crippen LogP contribution is 2.36. The van der Waals surface area contributed by atoms with E-state index in [1.165, 1.54) is 17.7 Å². The fourth-order valence-corrected chi connectivity index (χ4v) is 4.83. The van der Waals surface area contributed by atoms with Crippen molar-refractivity contribution < 1.29 is 9.18 Å². The second-order valence-electron chi connectivity index (χ2n) is 9.50. The summed E-state index contributed by atoms with van der Waals surface area (Å²) in [7, 11) is 0. The van der Waals surface area contributed by atoms with Crippen molar-refractivity contribution in [1.29, 1.82) is 0 Å². The maximum atomic E-state index is 13.8. The van der Waals surface area contributed by atoms with E-state index in [2.05, 4.69) is 23.8 Å². The van der Waals surface area contributed by atoms with Crippen molar-refractivity contribution in [3.8, 4) is 0 Å². The average Bonchev–Trinajstić information content (AvgIpc) is 3.03. The molecule has 1 amide bonds. The lowest BCUT2D eigenvalue weighted by atomic mass is 9.83. The molecule has 34 heavy (non-hydrogen) atoms. The molecular weight excluding hydrogens is 423 g/mol. The zero-order valence-corrected chi connectivity index (χ0v) is 21.3. The summed E-state index contributed by atoms with van der Waals surface area (Å²) >= 11 is 0. The van der Waals surface area contributed by atoms with Crippen molar-refractivity contribution >= 4 is 17.8 Å². The molecule has 3 atom stereocenters. The van der Waals surface area contributed by atoms with E-state index in [1.807, 2.05) is 51.1 Å². The van der Waals surface area contributed by atoms with Crippen molar-refractivity contribution in [3.63, 3.8) is 0 Å². The minimum Gasteiger partial charge on any atom is -0.326 e. The first-order valence-corrected chi connectivity index (χ1v) is 12.6. The largest absolute Gasteiger partial charge is 0.326 e. The molecule has 0 heterocycles. The number of nitrogens with zero attached hydrogens (tertiary/aromatic N) is 1. The molecule has 0 aromatic heterocycles. The molecule has 1 saturated carbocycles. The smallest absolute Gasteiger partial charge is 0.227 e. The van der Waals surface area contributed by atoms with Gasteiger partial charge in [-0.15, -0.1) is 0 Å². The van der Waals surface area contributed by atoms with Crippen molar-refractivity contribution in [2.24, 2.45) is 22.7 Å². The Balaban J connectivity index is 2.06. The van der Waals surface area contributed by atoms with Gasteiger partial charge in [-0.2, -0.15) is 0 Å². The summed E-state index contributed by atoms with van der Waals surface area (Å²) < 4.78 is 13.8. The third kappa shape index (κ3) is 8.89. The van der Waals surface area contributed by atoms with Gasteiger partial charge in [-0.25, -0.2) is 4.39 Å². The van der Waals surface area contributed by atoms with Gasteiger partial charge in [-0.3, -0.25) is 9.79 Å². The highest BCUT2D eigenvalue weighted by atomic mass is 19.1. The number of amides is 1. The van der Waals surface area contributed by atoms with E-state index in [9.17, 15) is 9.18 Å². The van der Waals surface area contributed by atoms with Gasteiger partial charge in [-0.1, -0.05) is 56.2 Å².